The van der Waals surface area contributed by atoms with Gasteiger partial charge >= 0.3 is 17.9 Å². The number of cyclic esters (lactones) is 1. The third-order valence-electron chi connectivity index (χ3n) is 2.03. The molecule has 1 heterocycles. The molecule has 0 aromatic rings. The van der Waals surface area contributed by atoms with Crippen LogP contribution >= 0.6 is 0 Å². The Labute approximate surface area is 112 Å². The van der Waals surface area contributed by atoms with Gasteiger partial charge in [0.05, 0.1) is 19.4 Å². The van der Waals surface area contributed by atoms with Crippen molar-refractivity contribution < 1.29 is 49.8 Å². The molecule has 6 N–H and O–H groups in total. The molecule has 0 unspecified atom stereocenters. The van der Waals surface area contributed by atoms with Crippen molar-refractivity contribution in [3.8, 4) is 0 Å². The summed E-state index contributed by atoms with van der Waals surface area (Å²) in [6, 6.07) is 0. The number of aliphatic hydroxyl groups excluding tert-OH is 4. The Morgan fingerprint density at radius 1 is 1.15 bits per heavy atom. The van der Waals surface area contributed by atoms with E-state index in [4.69, 9.17) is 30.6 Å². The van der Waals surface area contributed by atoms with Crippen molar-refractivity contribution in [3.63, 3.8) is 0 Å². The zero-order valence-electron chi connectivity index (χ0n) is 10.1. The second kappa shape index (κ2) is 7.96. The molecule has 1 aliphatic heterocycles. The summed E-state index contributed by atoms with van der Waals surface area (Å²) in [6.07, 6.45) is -3.37. The molecule has 0 aromatic heterocycles. The number of ether oxygens (including phenoxy) is 1. The first kappa shape index (κ1) is 17.7. The van der Waals surface area contributed by atoms with E-state index in [9.17, 15) is 14.4 Å². The van der Waals surface area contributed by atoms with Crippen LogP contribution in [0.15, 0.2) is 11.5 Å². The Kier molecular flexibility index (Phi) is 7.04. The summed E-state index contributed by atoms with van der Waals surface area (Å²) in [6.45, 7) is -0.671. The van der Waals surface area contributed by atoms with Crippen molar-refractivity contribution in [2.24, 2.45) is 0 Å². The molecule has 0 fully saturated rings. The van der Waals surface area contributed by atoms with Crippen LogP contribution in [-0.4, -0.2) is 67.4 Å². The normalized spacial score (nSPS) is 18.9. The minimum Gasteiger partial charge on any atom is -0.505 e. The van der Waals surface area contributed by atoms with Crippen LogP contribution in [0.1, 0.15) is 12.8 Å². The van der Waals surface area contributed by atoms with Crippen LogP contribution in [-0.2, 0) is 19.1 Å². The molecular formula is C10H14O10. The van der Waals surface area contributed by atoms with E-state index in [1.165, 1.54) is 0 Å². The number of carboxylic acids is 2. The van der Waals surface area contributed by atoms with Gasteiger partial charge in [-0.05, 0) is 0 Å². The quantitative estimate of drug-likeness (QED) is 0.327. The molecule has 10 nitrogen and oxygen atoms in total. The maximum atomic E-state index is 10.5. The largest absolute Gasteiger partial charge is 0.505 e. The molecule has 1 aliphatic rings. The van der Waals surface area contributed by atoms with Crippen LogP contribution in [0, 0.1) is 0 Å². The minimum atomic E-state index is -1.42. The molecular weight excluding hydrogens is 280 g/mol. The third kappa shape index (κ3) is 5.54. The van der Waals surface area contributed by atoms with E-state index in [1.54, 1.807) is 0 Å². The number of carbonyl (C=O) groups excluding carboxylic acids is 1. The zero-order valence-corrected chi connectivity index (χ0v) is 10.1. The highest BCUT2D eigenvalue weighted by Crippen LogP contribution is 2.20. The minimum absolute atomic E-state index is 0.296. The van der Waals surface area contributed by atoms with E-state index in [-0.39, 0.29) is 12.8 Å². The molecule has 0 saturated heterocycles. The van der Waals surface area contributed by atoms with Gasteiger partial charge in [-0.1, -0.05) is 0 Å². The van der Waals surface area contributed by atoms with E-state index in [0.717, 1.165) is 0 Å². The Morgan fingerprint density at radius 2 is 1.60 bits per heavy atom. The number of esters is 1. The average molecular weight is 294 g/mol. The molecule has 114 valence electrons. The molecule has 1 rings (SSSR count). The first-order valence-corrected chi connectivity index (χ1v) is 5.26. The van der Waals surface area contributed by atoms with Crippen molar-refractivity contribution in [2.45, 2.75) is 25.0 Å². The molecule has 2 atom stereocenters. The van der Waals surface area contributed by atoms with Gasteiger partial charge in [0.2, 0.25) is 5.76 Å². The number of hydrogen-bond donors (Lipinski definition) is 6. The van der Waals surface area contributed by atoms with E-state index in [2.05, 4.69) is 4.74 Å². The highest BCUT2D eigenvalue weighted by atomic mass is 16.6. The van der Waals surface area contributed by atoms with Crippen molar-refractivity contribution in [2.75, 3.05) is 6.61 Å². The fraction of sp³-hybridized carbons (Fsp3) is 0.500. The molecule has 10 heteroatoms. The van der Waals surface area contributed by atoms with Gasteiger partial charge in [0, 0.05) is 0 Å². The zero-order chi connectivity index (χ0) is 15.9. The number of hydrogen-bond acceptors (Lipinski definition) is 8. The van der Waals surface area contributed by atoms with Crippen molar-refractivity contribution in [1.29, 1.82) is 0 Å². The molecule has 0 aromatic carbocycles. The van der Waals surface area contributed by atoms with Crippen molar-refractivity contribution >= 4 is 17.9 Å². The van der Waals surface area contributed by atoms with Gasteiger partial charge in [-0.2, -0.15) is 0 Å². The fourth-order valence-corrected chi connectivity index (χ4v) is 1.04. The molecule has 0 radical (unpaired) electrons. The van der Waals surface area contributed by atoms with Crippen molar-refractivity contribution in [3.05, 3.63) is 11.5 Å². The Hall–Kier alpha value is -2.33. The lowest BCUT2D eigenvalue weighted by Gasteiger charge is -2.13. The van der Waals surface area contributed by atoms with Gasteiger partial charge in [-0.3, -0.25) is 9.59 Å². The lowest BCUT2D eigenvalue weighted by Crippen LogP contribution is -2.31. The molecule has 0 bridgehead atoms. The van der Waals surface area contributed by atoms with Crippen LogP contribution in [0.4, 0.5) is 0 Å². The summed E-state index contributed by atoms with van der Waals surface area (Å²) in [5, 5.41) is 50.8. The molecule has 0 spiro atoms. The topological polar surface area (TPSA) is 182 Å². The van der Waals surface area contributed by atoms with Crippen LogP contribution < -0.4 is 0 Å². The second-order valence-electron chi connectivity index (χ2n) is 3.60. The Morgan fingerprint density at radius 3 is 1.85 bits per heavy atom. The summed E-state index contributed by atoms with van der Waals surface area (Å²) in [4.78, 5) is 29.8. The monoisotopic (exact) mass is 294 g/mol. The number of rotatable bonds is 5. The highest BCUT2D eigenvalue weighted by Gasteiger charge is 2.38. The van der Waals surface area contributed by atoms with Crippen LogP contribution in [0.2, 0.25) is 0 Å². The van der Waals surface area contributed by atoms with Crippen LogP contribution in [0.5, 0.6) is 0 Å². The number of carbonyl (C=O) groups is 3. The molecule has 0 aliphatic carbocycles. The predicted molar refractivity (Wildman–Crippen MR) is 59.8 cm³/mol. The summed E-state index contributed by atoms with van der Waals surface area (Å²) in [7, 11) is 0. The lowest BCUT2D eigenvalue weighted by atomic mass is 10.2. The summed E-state index contributed by atoms with van der Waals surface area (Å²) < 4.78 is 4.32. The maximum absolute atomic E-state index is 10.5. The SMILES string of the molecule is O=C(O)CCC(=O)O.O=C1O[C@H]([C@@H](O)CO)C(O)=C1O. The van der Waals surface area contributed by atoms with E-state index < -0.39 is 48.2 Å². The van der Waals surface area contributed by atoms with Crippen LogP contribution in [0.25, 0.3) is 0 Å². The smallest absolute Gasteiger partial charge is 0.377 e. The Bertz CT molecular complexity index is 398. The predicted octanol–water partition coefficient (Wildman–Crippen LogP) is -1.47. The van der Waals surface area contributed by atoms with Gasteiger partial charge in [-0.15, -0.1) is 0 Å². The van der Waals surface area contributed by atoms with E-state index in [1.807, 2.05) is 0 Å². The standard InChI is InChI=1S/C6H8O6.C4H6O4/c7-1-2(8)5-3(9)4(10)6(11)12-5;5-3(6)1-2-4(7)8/h2,5,7-10H,1H2;1-2H2,(H,5,6)(H,7,8)/t2-,5+;/m0./s1. The third-order valence-corrected chi connectivity index (χ3v) is 2.03. The van der Waals surface area contributed by atoms with Crippen LogP contribution in [0.3, 0.4) is 0 Å². The first-order valence-electron chi connectivity index (χ1n) is 5.26. The Balaban J connectivity index is 0.000000396. The summed E-state index contributed by atoms with van der Waals surface area (Å²) in [5.41, 5.74) is 0. The van der Waals surface area contributed by atoms with Gasteiger partial charge < -0.3 is 35.4 Å². The van der Waals surface area contributed by atoms with E-state index in [0.29, 0.717) is 0 Å². The summed E-state index contributed by atoms with van der Waals surface area (Å²) in [5.74, 6) is -4.93. The molecule has 0 amide bonds. The van der Waals surface area contributed by atoms with Gasteiger partial charge in [0.25, 0.3) is 0 Å². The first-order chi connectivity index (χ1) is 9.20. The van der Waals surface area contributed by atoms with Crippen molar-refractivity contribution in [1.82, 2.24) is 0 Å². The second-order valence-corrected chi connectivity index (χ2v) is 3.60. The lowest BCUT2D eigenvalue weighted by molar-refractivity contribution is -0.147. The number of aliphatic hydroxyl groups is 4. The number of carboxylic acid groups (broad SMARTS) is 2. The fourth-order valence-electron chi connectivity index (χ4n) is 1.04. The summed E-state index contributed by atoms with van der Waals surface area (Å²) >= 11 is 0. The van der Waals surface area contributed by atoms with Gasteiger partial charge in [0.15, 0.2) is 11.9 Å². The van der Waals surface area contributed by atoms with Gasteiger partial charge in [0.1, 0.15) is 6.10 Å². The highest BCUT2D eigenvalue weighted by molar-refractivity contribution is 5.89. The van der Waals surface area contributed by atoms with Gasteiger partial charge in [-0.25, -0.2) is 4.79 Å². The maximum Gasteiger partial charge on any atom is 0.377 e. The number of aliphatic carboxylic acids is 2. The molecule has 0 saturated carbocycles. The average Bonchev–Trinajstić information content (AvgIpc) is 2.64. The van der Waals surface area contributed by atoms with E-state index >= 15 is 0 Å². The molecule has 20 heavy (non-hydrogen) atoms.